The van der Waals surface area contributed by atoms with Crippen LogP contribution in [-0.2, 0) is 16.4 Å². The highest BCUT2D eigenvalue weighted by atomic mass is 32.2. The molecule has 0 saturated carbocycles. The molecule has 0 aliphatic heterocycles. The Balaban J connectivity index is 2.73. The zero-order valence-corrected chi connectivity index (χ0v) is 11.6. The maximum absolute atomic E-state index is 11.3. The molecule has 1 N–H and O–H groups in total. The molecule has 0 aromatic carbocycles. The smallest absolute Gasteiger partial charge is 0.240 e. The van der Waals surface area contributed by atoms with Crippen molar-refractivity contribution in [1.82, 2.24) is 15.5 Å². The second-order valence-corrected chi connectivity index (χ2v) is 7.49. The molecule has 1 aromatic heterocycles. The normalized spacial score (nSPS) is 14.9. The average Bonchev–Trinajstić information content (AvgIpc) is 2.59. The van der Waals surface area contributed by atoms with Gasteiger partial charge in [0.15, 0.2) is 15.7 Å². The SMILES string of the molecule is CC(c1noc(CNC(C)(C)C)n1)S(C)(=O)=O. The highest BCUT2D eigenvalue weighted by Gasteiger charge is 2.23. The largest absolute Gasteiger partial charge is 0.338 e. The second kappa shape index (κ2) is 4.73. The van der Waals surface area contributed by atoms with Gasteiger partial charge in [-0.05, 0) is 27.7 Å². The molecule has 98 valence electrons. The third-order valence-electron chi connectivity index (χ3n) is 2.26. The van der Waals surface area contributed by atoms with Crippen LogP contribution < -0.4 is 5.32 Å². The van der Waals surface area contributed by atoms with Gasteiger partial charge in [-0.25, -0.2) is 8.42 Å². The first-order chi connectivity index (χ1) is 7.59. The van der Waals surface area contributed by atoms with Gasteiger partial charge in [-0.1, -0.05) is 5.16 Å². The van der Waals surface area contributed by atoms with Crippen molar-refractivity contribution >= 4 is 9.84 Å². The predicted molar refractivity (Wildman–Crippen MR) is 64.1 cm³/mol. The van der Waals surface area contributed by atoms with Crippen LogP contribution in [-0.4, -0.2) is 30.4 Å². The molecule has 1 heterocycles. The fourth-order valence-corrected chi connectivity index (χ4v) is 1.52. The topological polar surface area (TPSA) is 85.1 Å². The number of sulfone groups is 1. The zero-order chi connectivity index (χ0) is 13.3. The number of rotatable bonds is 4. The zero-order valence-electron chi connectivity index (χ0n) is 10.8. The van der Waals surface area contributed by atoms with Crippen LogP contribution in [0.25, 0.3) is 0 Å². The van der Waals surface area contributed by atoms with Crippen molar-refractivity contribution in [2.75, 3.05) is 6.26 Å². The van der Waals surface area contributed by atoms with Crippen LogP contribution in [0, 0.1) is 0 Å². The number of hydrogen-bond acceptors (Lipinski definition) is 6. The van der Waals surface area contributed by atoms with E-state index in [2.05, 4.69) is 15.5 Å². The van der Waals surface area contributed by atoms with Gasteiger partial charge in [0, 0.05) is 11.8 Å². The molecule has 6 nitrogen and oxygen atoms in total. The van der Waals surface area contributed by atoms with Crippen molar-refractivity contribution in [1.29, 1.82) is 0 Å². The molecule has 17 heavy (non-hydrogen) atoms. The third-order valence-corrected chi connectivity index (χ3v) is 3.75. The van der Waals surface area contributed by atoms with Gasteiger partial charge in [0.25, 0.3) is 0 Å². The minimum atomic E-state index is -3.19. The van der Waals surface area contributed by atoms with E-state index >= 15 is 0 Å². The van der Waals surface area contributed by atoms with Crippen molar-refractivity contribution in [2.45, 2.75) is 45.0 Å². The molecule has 0 saturated heterocycles. The summed E-state index contributed by atoms with van der Waals surface area (Å²) in [6.45, 7) is 8.02. The molecule has 7 heteroatoms. The third kappa shape index (κ3) is 4.43. The molecule has 0 amide bonds. The van der Waals surface area contributed by atoms with E-state index in [1.165, 1.54) is 0 Å². The molecule has 0 aliphatic rings. The van der Waals surface area contributed by atoms with E-state index in [1.807, 2.05) is 20.8 Å². The van der Waals surface area contributed by atoms with Crippen LogP contribution in [0.2, 0.25) is 0 Å². The van der Waals surface area contributed by atoms with E-state index in [4.69, 9.17) is 4.52 Å². The van der Waals surface area contributed by atoms with E-state index < -0.39 is 15.1 Å². The van der Waals surface area contributed by atoms with Gasteiger partial charge < -0.3 is 9.84 Å². The molecule has 0 spiro atoms. The van der Waals surface area contributed by atoms with Crippen LogP contribution >= 0.6 is 0 Å². The Morgan fingerprint density at radius 2 is 2.00 bits per heavy atom. The van der Waals surface area contributed by atoms with Crippen LogP contribution in [0.1, 0.15) is 44.7 Å². The minimum Gasteiger partial charge on any atom is -0.338 e. The first kappa shape index (κ1) is 14.1. The van der Waals surface area contributed by atoms with Gasteiger partial charge in [-0.15, -0.1) is 0 Å². The summed E-state index contributed by atoms with van der Waals surface area (Å²) in [6.07, 6.45) is 1.15. The summed E-state index contributed by atoms with van der Waals surface area (Å²) >= 11 is 0. The lowest BCUT2D eigenvalue weighted by Crippen LogP contribution is -2.35. The van der Waals surface area contributed by atoms with Crippen LogP contribution in [0.3, 0.4) is 0 Å². The van der Waals surface area contributed by atoms with Crippen molar-refractivity contribution in [3.63, 3.8) is 0 Å². The average molecular weight is 261 g/mol. The minimum absolute atomic E-state index is 0.0585. The lowest BCUT2D eigenvalue weighted by Gasteiger charge is -2.18. The Kier molecular flexibility index (Phi) is 3.93. The second-order valence-electron chi connectivity index (χ2n) is 5.12. The molecular weight excluding hydrogens is 242 g/mol. The first-order valence-corrected chi connectivity index (χ1v) is 7.31. The molecule has 0 aliphatic carbocycles. The fraction of sp³-hybridized carbons (Fsp3) is 0.800. The van der Waals surface area contributed by atoms with Crippen molar-refractivity contribution in [3.05, 3.63) is 11.7 Å². The van der Waals surface area contributed by atoms with E-state index in [0.29, 0.717) is 12.4 Å². The Morgan fingerprint density at radius 3 is 2.47 bits per heavy atom. The summed E-state index contributed by atoms with van der Waals surface area (Å²) in [5.74, 6) is 0.601. The standard InChI is InChI=1S/C10H19N3O3S/c1-7(17(5,14)15)9-12-8(16-13-9)6-11-10(2,3)4/h7,11H,6H2,1-5H3. The Labute approximate surface area is 102 Å². The fourth-order valence-electron chi connectivity index (χ4n) is 1.04. The maximum Gasteiger partial charge on any atom is 0.240 e. The number of nitrogens with zero attached hydrogens (tertiary/aromatic N) is 2. The molecule has 0 fully saturated rings. The molecule has 0 bridgehead atoms. The van der Waals surface area contributed by atoms with Crippen LogP contribution in [0.15, 0.2) is 4.52 Å². The lowest BCUT2D eigenvalue weighted by molar-refractivity contribution is 0.333. The Morgan fingerprint density at radius 1 is 1.41 bits per heavy atom. The van der Waals surface area contributed by atoms with Gasteiger partial charge in [-0.2, -0.15) is 4.98 Å². The Hall–Kier alpha value is -0.950. The summed E-state index contributed by atoms with van der Waals surface area (Å²) in [4.78, 5) is 4.06. The van der Waals surface area contributed by atoms with Crippen molar-refractivity contribution < 1.29 is 12.9 Å². The summed E-state index contributed by atoms with van der Waals surface area (Å²) in [5.41, 5.74) is -0.0585. The van der Waals surface area contributed by atoms with Gasteiger partial charge in [-0.3, -0.25) is 0 Å². The van der Waals surface area contributed by atoms with Crippen molar-refractivity contribution in [3.8, 4) is 0 Å². The van der Waals surface area contributed by atoms with E-state index in [0.717, 1.165) is 6.26 Å². The number of nitrogens with one attached hydrogen (secondary N) is 1. The predicted octanol–water partition coefficient (Wildman–Crippen LogP) is 1.06. The molecule has 1 unspecified atom stereocenters. The molecule has 1 aromatic rings. The highest BCUT2D eigenvalue weighted by Crippen LogP contribution is 2.17. The maximum atomic E-state index is 11.3. The molecule has 1 rings (SSSR count). The van der Waals surface area contributed by atoms with E-state index in [1.54, 1.807) is 6.92 Å². The summed E-state index contributed by atoms with van der Waals surface area (Å²) in [6, 6.07) is 0. The van der Waals surface area contributed by atoms with Crippen LogP contribution in [0.4, 0.5) is 0 Å². The van der Waals surface area contributed by atoms with E-state index in [9.17, 15) is 8.42 Å². The quantitative estimate of drug-likeness (QED) is 0.872. The van der Waals surface area contributed by atoms with Crippen LogP contribution in [0.5, 0.6) is 0 Å². The highest BCUT2D eigenvalue weighted by molar-refractivity contribution is 7.90. The molecule has 1 atom stereocenters. The van der Waals surface area contributed by atoms with Gasteiger partial charge in [0.1, 0.15) is 5.25 Å². The summed E-state index contributed by atoms with van der Waals surface area (Å²) in [5, 5.41) is 6.12. The molecule has 0 radical (unpaired) electrons. The van der Waals surface area contributed by atoms with Crippen molar-refractivity contribution in [2.24, 2.45) is 0 Å². The number of aromatic nitrogens is 2. The number of hydrogen-bond donors (Lipinski definition) is 1. The monoisotopic (exact) mass is 261 g/mol. The Bertz CT molecular complexity index is 473. The van der Waals surface area contributed by atoms with Gasteiger partial charge in [0.2, 0.25) is 5.89 Å². The van der Waals surface area contributed by atoms with Gasteiger partial charge >= 0.3 is 0 Å². The summed E-state index contributed by atoms with van der Waals surface area (Å²) in [7, 11) is -3.19. The lowest BCUT2D eigenvalue weighted by atomic mass is 10.1. The molecular formula is C10H19N3O3S. The van der Waals surface area contributed by atoms with E-state index in [-0.39, 0.29) is 11.4 Å². The van der Waals surface area contributed by atoms with Gasteiger partial charge in [0.05, 0.1) is 6.54 Å². The first-order valence-electron chi connectivity index (χ1n) is 5.36. The summed E-state index contributed by atoms with van der Waals surface area (Å²) < 4.78 is 27.6.